The molecule has 0 aliphatic carbocycles. The summed E-state index contributed by atoms with van der Waals surface area (Å²) in [5, 5.41) is 0. The van der Waals surface area contributed by atoms with Crippen molar-refractivity contribution in [2.45, 2.75) is 11.1 Å². The Bertz CT molecular complexity index is 697. The van der Waals surface area contributed by atoms with E-state index in [1.54, 1.807) is 6.07 Å². The van der Waals surface area contributed by atoms with Crippen molar-refractivity contribution < 1.29 is 21.6 Å². The van der Waals surface area contributed by atoms with Gasteiger partial charge in [0.25, 0.3) is 10.0 Å². The van der Waals surface area contributed by atoms with E-state index < -0.39 is 27.5 Å². The molecule has 0 aromatic heterocycles. The first-order chi connectivity index (χ1) is 9.31. The highest BCUT2D eigenvalue weighted by atomic mass is 32.2. The van der Waals surface area contributed by atoms with Crippen molar-refractivity contribution in [2.75, 3.05) is 4.72 Å². The molecule has 0 unspecified atom stereocenters. The first kappa shape index (κ1) is 14.4. The summed E-state index contributed by atoms with van der Waals surface area (Å²) < 4.78 is 64.3. The molecule has 0 atom stereocenters. The average molecular weight is 301 g/mol. The highest BCUT2D eigenvalue weighted by molar-refractivity contribution is 7.92. The number of rotatable bonds is 3. The molecule has 2 aromatic carbocycles. The normalized spacial score (nSPS) is 12.2. The van der Waals surface area contributed by atoms with E-state index in [2.05, 4.69) is 0 Å². The summed E-state index contributed by atoms with van der Waals surface area (Å²) in [6, 6.07) is 11.6. The van der Waals surface area contributed by atoms with E-state index >= 15 is 0 Å². The predicted octanol–water partition coefficient (Wildman–Crippen LogP) is 3.51. The molecule has 0 saturated carbocycles. The first-order valence-corrected chi connectivity index (χ1v) is 7.03. The van der Waals surface area contributed by atoms with Crippen molar-refractivity contribution in [2.24, 2.45) is 0 Å². The molecular formula is C13H10F3NO2S. The van der Waals surface area contributed by atoms with Gasteiger partial charge in [-0.2, -0.15) is 13.2 Å². The first-order valence-electron chi connectivity index (χ1n) is 5.55. The highest BCUT2D eigenvalue weighted by Gasteiger charge is 2.34. The Morgan fingerprint density at radius 3 is 2.00 bits per heavy atom. The summed E-state index contributed by atoms with van der Waals surface area (Å²) in [7, 11) is -4.05. The van der Waals surface area contributed by atoms with Crippen LogP contribution in [0.5, 0.6) is 0 Å². The number of hydrogen-bond donors (Lipinski definition) is 1. The Balaban J connectivity index is 2.41. The maximum Gasteiger partial charge on any atom is 0.418 e. The maximum atomic E-state index is 12.8. The molecule has 1 N–H and O–H groups in total. The van der Waals surface area contributed by atoms with Gasteiger partial charge in [-0.1, -0.05) is 30.3 Å². The van der Waals surface area contributed by atoms with Crippen molar-refractivity contribution in [3.63, 3.8) is 0 Å². The smallest absolute Gasteiger partial charge is 0.279 e. The lowest BCUT2D eigenvalue weighted by molar-refractivity contribution is -0.136. The van der Waals surface area contributed by atoms with Crippen LogP contribution in [0.15, 0.2) is 59.5 Å². The standard InChI is InChI=1S/C13H10F3NO2S/c14-13(15,16)11-8-4-5-9-12(11)17-20(18,19)10-6-2-1-3-7-10/h1-9,17H. The highest BCUT2D eigenvalue weighted by Crippen LogP contribution is 2.35. The molecule has 0 fully saturated rings. The Morgan fingerprint density at radius 2 is 1.40 bits per heavy atom. The van der Waals surface area contributed by atoms with E-state index in [4.69, 9.17) is 0 Å². The summed E-state index contributed by atoms with van der Waals surface area (Å²) in [5.74, 6) is 0. The summed E-state index contributed by atoms with van der Waals surface area (Å²) in [6.45, 7) is 0. The zero-order chi connectivity index (χ0) is 14.8. The van der Waals surface area contributed by atoms with Crippen LogP contribution < -0.4 is 4.72 Å². The molecular weight excluding hydrogens is 291 g/mol. The molecule has 0 aliphatic rings. The van der Waals surface area contributed by atoms with Crippen LogP contribution in [0.3, 0.4) is 0 Å². The summed E-state index contributed by atoms with van der Waals surface area (Å²) in [6.07, 6.45) is -4.63. The number of halogens is 3. The van der Waals surface area contributed by atoms with Gasteiger partial charge in [-0.25, -0.2) is 8.42 Å². The molecule has 0 spiro atoms. The number of sulfonamides is 1. The molecule has 2 aromatic rings. The van der Waals surface area contributed by atoms with E-state index in [0.29, 0.717) is 0 Å². The van der Waals surface area contributed by atoms with Gasteiger partial charge in [-0.15, -0.1) is 0 Å². The topological polar surface area (TPSA) is 46.2 Å². The molecule has 3 nitrogen and oxygen atoms in total. The van der Waals surface area contributed by atoms with Crippen molar-refractivity contribution in [3.8, 4) is 0 Å². The number of anilines is 1. The fourth-order valence-electron chi connectivity index (χ4n) is 1.62. The van der Waals surface area contributed by atoms with Crippen LogP contribution in [-0.2, 0) is 16.2 Å². The average Bonchev–Trinajstić information content (AvgIpc) is 2.39. The van der Waals surface area contributed by atoms with E-state index in [-0.39, 0.29) is 4.90 Å². The zero-order valence-electron chi connectivity index (χ0n) is 10.1. The number of hydrogen-bond acceptors (Lipinski definition) is 2. The van der Waals surface area contributed by atoms with Crippen molar-refractivity contribution in [1.82, 2.24) is 0 Å². The van der Waals surface area contributed by atoms with E-state index in [1.165, 1.54) is 36.4 Å². The number of nitrogens with one attached hydrogen (secondary N) is 1. The molecule has 106 valence electrons. The molecule has 0 aliphatic heterocycles. The van der Waals surface area contributed by atoms with E-state index in [9.17, 15) is 21.6 Å². The van der Waals surface area contributed by atoms with Crippen LogP contribution in [0, 0.1) is 0 Å². The van der Waals surface area contributed by atoms with Crippen molar-refractivity contribution >= 4 is 15.7 Å². The van der Waals surface area contributed by atoms with Crippen LogP contribution in [0.2, 0.25) is 0 Å². The zero-order valence-corrected chi connectivity index (χ0v) is 10.9. The molecule has 20 heavy (non-hydrogen) atoms. The number of para-hydroxylation sites is 1. The van der Waals surface area contributed by atoms with Crippen LogP contribution in [-0.4, -0.2) is 8.42 Å². The molecule has 0 radical (unpaired) electrons. The van der Waals surface area contributed by atoms with Gasteiger partial charge < -0.3 is 0 Å². The predicted molar refractivity (Wildman–Crippen MR) is 68.7 cm³/mol. The minimum atomic E-state index is -4.63. The van der Waals surface area contributed by atoms with Crippen LogP contribution in [0.4, 0.5) is 18.9 Å². The second-order valence-electron chi connectivity index (χ2n) is 3.96. The Kier molecular flexibility index (Phi) is 3.71. The molecule has 7 heteroatoms. The molecule has 0 amide bonds. The molecule has 2 rings (SSSR count). The largest absolute Gasteiger partial charge is 0.418 e. The van der Waals surface area contributed by atoms with Crippen LogP contribution in [0.1, 0.15) is 5.56 Å². The fourth-order valence-corrected chi connectivity index (χ4v) is 2.72. The Morgan fingerprint density at radius 1 is 0.850 bits per heavy atom. The molecule has 0 bridgehead atoms. The third-order valence-electron chi connectivity index (χ3n) is 2.53. The SMILES string of the molecule is O=S(=O)(Nc1ccccc1C(F)(F)F)c1ccccc1. The van der Waals surface area contributed by atoms with Crippen LogP contribution in [0.25, 0.3) is 0 Å². The van der Waals surface area contributed by atoms with Crippen molar-refractivity contribution in [1.29, 1.82) is 0 Å². The monoisotopic (exact) mass is 301 g/mol. The quantitative estimate of drug-likeness (QED) is 0.943. The lowest BCUT2D eigenvalue weighted by atomic mass is 10.2. The van der Waals surface area contributed by atoms with Gasteiger partial charge in [0.1, 0.15) is 0 Å². The Labute approximate surface area is 114 Å². The van der Waals surface area contributed by atoms with Gasteiger partial charge in [0.15, 0.2) is 0 Å². The summed E-state index contributed by atoms with van der Waals surface area (Å²) in [4.78, 5) is -0.100. The third kappa shape index (κ3) is 3.11. The second-order valence-corrected chi connectivity index (χ2v) is 5.64. The second kappa shape index (κ2) is 5.16. The Hall–Kier alpha value is -2.02. The minimum Gasteiger partial charge on any atom is -0.279 e. The van der Waals surface area contributed by atoms with E-state index in [1.807, 2.05) is 4.72 Å². The van der Waals surface area contributed by atoms with Gasteiger partial charge in [0, 0.05) is 0 Å². The summed E-state index contributed by atoms with van der Waals surface area (Å²) >= 11 is 0. The minimum absolute atomic E-state index is 0.100. The van der Waals surface area contributed by atoms with Crippen molar-refractivity contribution in [3.05, 3.63) is 60.2 Å². The summed E-state index contributed by atoms with van der Waals surface area (Å²) in [5.41, 5.74) is -1.52. The van der Waals surface area contributed by atoms with Crippen LogP contribution >= 0.6 is 0 Å². The van der Waals surface area contributed by atoms with Gasteiger partial charge in [-0.05, 0) is 24.3 Å². The van der Waals surface area contributed by atoms with Gasteiger partial charge in [0.05, 0.1) is 16.1 Å². The maximum absolute atomic E-state index is 12.8. The molecule has 0 heterocycles. The number of alkyl halides is 3. The number of benzene rings is 2. The van der Waals surface area contributed by atoms with Gasteiger partial charge in [0.2, 0.25) is 0 Å². The molecule has 0 saturated heterocycles. The lowest BCUT2D eigenvalue weighted by Gasteiger charge is -2.14. The third-order valence-corrected chi connectivity index (χ3v) is 3.91. The van der Waals surface area contributed by atoms with Gasteiger partial charge in [-0.3, -0.25) is 4.72 Å². The van der Waals surface area contributed by atoms with Gasteiger partial charge >= 0.3 is 6.18 Å². The lowest BCUT2D eigenvalue weighted by Crippen LogP contribution is -2.17. The van der Waals surface area contributed by atoms with E-state index in [0.717, 1.165) is 12.1 Å². The fraction of sp³-hybridized carbons (Fsp3) is 0.0769.